The Balaban J connectivity index is 2.91. The summed E-state index contributed by atoms with van der Waals surface area (Å²) in [7, 11) is -4.49. The molecule has 0 saturated heterocycles. The van der Waals surface area contributed by atoms with Crippen LogP contribution < -0.4 is 20.5 Å². The first-order chi connectivity index (χ1) is 15.5. The number of hydrogen-bond donors (Lipinski definition) is 7. The number of carbonyl (C=O) groups is 2. The van der Waals surface area contributed by atoms with Gasteiger partial charge in [0.05, 0.1) is 18.8 Å². The molecular formula is C18H34N6O8S. The number of rotatable bonds is 17. The van der Waals surface area contributed by atoms with E-state index in [9.17, 15) is 23.1 Å². The highest BCUT2D eigenvalue weighted by molar-refractivity contribution is 7.87. The highest BCUT2D eigenvalue weighted by atomic mass is 32.2. The standard InChI is InChI=1S/C18H34N6O8S/c1-3-4-5-6-9-20-14(27)8-7-13(17-21-16(22-32-17)12(19)10-25)23-33(30,31)24-15(11(2)26)18(28)29/h11-13,15,23-26H,3-10,19H2,1-2H3,(H,20,27)(H,28,29)/t11?,12-,13-,15-/m0/s1. The summed E-state index contributed by atoms with van der Waals surface area (Å²) in [6.45, 7) is 3.20. The van der Waals surface area contributed by atoms with Crippen molar-refractivity contribution in [2.45, 2.75) is 76.6 Å². The lowest BCUT2D eigenvalue weighted by atomic mass is 10.1. The quantitative estimate of drug-likeness (QED) is 0.128. The lowest BCUT2D eigenvalue weighted by molar-refractivity contribution is -0.141. The molecule has 1 rings (SSSR count). The average molecular weight is 495 g/mol. The number of nitrogens with one attached hydrogen (secondary N) is 3. The lowest BCUT2D eigenvalue weighted by Gasteiger charge is -2.20. The summed E-state index contributed by atoms with van der Waals surface area (Å²) in [6.07, 6.45) is 2.22. The second-order valence-electron chi connectivity index (χ2n) is 7.58. The van der Waals surface area contributed by atoms with Gasteiger partial charge in [0.1, 0.15) is 12.1 Å². The maximum absolute atomic E-state index is 12.5. The minimum Gasteiger partial charge on any atom is -0.480 e. The molecule has 0 saturated carbocycles. The zero-order valence-electron chi connectivity index (χ0n) is 18.7. The number of amides is 1. The summed E-state index contributed by atoms with van der Waals surface area (Å²) >= 11 is 0. The molecule has 4 atom stereocenters. The molecule has 0 fully saturated rings. The summed E-state index contributed by atoms with van der Waals surface area (Å²) < 4.78 is 34.0. The van der Waals surface area contributed by atoms with Gasteiger partial charge in [-0.15, -0.1) is 0 Å². The molecule has 0 aliphatic heterocycles. The Morgan fingerprint density at radius 3 is 2.48 bits per heavy atom. The molecule has 8 N–H and O–H groups in total. The fourth-order valence-corrected chi connectivity index (χ4v) is 4.03. The van der Waals surface area contributed by atoms with Crippen LogP contribution in [0.5, 0.6) is 0 Å². The summed E-state index contributed by atoms with van der Waals surface area (Å²) in [4.78, 5) is 27.4. The predicted molar refractivity (Wildman–Crippen MR) is 116 cm³/mol. The Labute approximate surface area is 192 Å². The molecule has 0 aliphatic rings. The van der Waals surface area contributed by atoms with Gasteiger partial charge in [0.15, 0.2) is 5.82 Å². The third kappa shape index (κ3) is 10.5. The summed E-state index contributed by atoms with van der Waals surface area (Å²) in [5.74, 6) is -2.19. The summed E-state index contributed by atoms with van der Waals surface area (Å²) in [5.41, 5.74) is 5.64. The fourth-order valence-electron chi connectivity index (χ4n) is 2.74. The van der Waals surface area contributed by atoms with Crippen molar-refractivity contribution in [2.24, 2.45) is 5.73 Å². The van der Waals surface area contributed by atoms with Crippen LogP contribution in [0.3, 0.4) is 0 Å². The predicted octanol–water partition coefficient (Wildman–Crippen LogP) is -1.16. The number of carbonyl (C=O) groups excluding carboxylic acids is 1. The zero-order valence-corrected chi connectivity index (χ0v) is 19.5. The third-order valence-electron chi connectivity index (χ3n) is 4.62. The van der Waals surface area contributed by atoms with Gasteiger partial charge < -0.3 is 30.9 Å². The molecule has 1 heterocycles. The average Bonchev–Trinajstić information content (AvgIpc) is 3.24. The number of nitrogens with two attached hydrogens (primary N) is 1. The van der Waals surface area contributed by atoms with E-state index in [0.29, 0.717) is 6.54 Å². The van der Waals surface area contributed by atoms with Crippen LogP contribution in [-0.2, 0) is 19.8 Å². The second-order valence-corrected chi connectivity index (χ2v) is 9.06. The largest absolute Gasteiger partial charge is 0.480 e. The van der Waals surface area contributed by atoms with E-state index in [4.69, 9.17) is 20.5 Å². The minimum atomic E-state index is -4.49. The third-order valence-corrected chi connectivity index (χ3v) is 5.78. The molecule has 1 aromatic heterocycles. The van der Waals surface area contributed by atoms with E-state index in [2.05, 4.69) is 27.1 Å². The molecule has 0 bridgehead atoms. The highest BCUT2D eigenvalue weighted by Crippen LogP contribution is 2.19. The molecule has 1 unspecified atom stereocenters. The van der Waals surface area contributed by atoms with Gasteiger partial charge in [-0.2, -0.15) is 22.8 Å². The van der Waals surface area contributed by atoms with Crippen LogP contribution in [0.25, 0.3) is 0 Å². The van der Waals surface area contributed by atoms with Crippen LogP contribution in [0.15, 0.2) is 4.52 Å². The van der Waals surface area contributed by atoms with Gasteiger partial charge in [0, 0.05) is 13.0 Å². The Bertz CT molecular complexity index is 847. The number of aliphatic carboxylic acids is 1. The number of hydrogen-bond acceptors (Lipinski definition) is 10. The molecule has 0 aliphatic carbocycles. The van der Waals surface area contributed by atoms with Gasteiger partial charge in [0.2, 0.25) is 11.8 Å². The van der Waals surface area contributed by atoms with Crippen LogP contribution in [0.1, 0.15) is 76.2 Å². The minimum absolute atomic E-state index is 0.0718. The molecule has 0 aromatic carbocycles. The normalized spacial score (nSPS) is 15.5. The number of carboxylic acid groups (broad SMARTS) is 1. The Kier molecular flexibility index (Phi) is 12.4. The van der Waals surface area contributed by atoms with Crippen molar-refractivity contribution in [2.75, 3.05) is 13.2 Å². The van der Waals surface area contributed by atoms with Crippen molar-refractivity contribution in [3.05, 3.63) is 11.7 Å². The first-order valence-electron chi connectivity index (χ1n) is 10.7. The van der Waals surface area contributed by atoms with Crippen LogP contribution >= 0.6 is 0 Å². The molecule has 1 aromatic rings. The van der Waals surface area contributed by atoms with E-state index in [0.717, 1.165) is 32.6 Å². The van der Waals surface area contributed by atoms with E-state index in [1.54, 1.807) is 0 Å². The summed E-state index contributed by atoms with van der Waals surface area (Å²) in [6, 6.07) is -3.98. The van der Waals surface area contributed by atoms with Gasteiger partial charge >= 0.3 is 5.97 Å². The second kappa shape index (κ2) is 14.2. The van der Waals surface area contributed by atoms with Gasteiger partial charge in [-0.3, -0.25) is 9.59 Å². The van der Waals surface area contributed by atoms with E-state index in [1.807, 2.05) is 4.72 Å². The number of aliphatic hydroxyl groups excluding tert-OH is 2. The monoisotopic (exact) mass is 494 g/mol. The Morgan fingerprint density at radius 1 is 1.21 bits per heavy atom. The molecule has 1 amide bonds. The molecule has 15 heteroatoms. The zero-order chi connectivity index (χ0) is 25.0. The van der Waals surface area contributed by atoms with Gasteiger partial charge in [-0.1, -0.05) is 31.3 Å². The number of nitrogens with zero attached hydrogens (tertiary/aromatic N) is 2. The van der Waals surface area contributed by atoms with E-state index < -0.39 is 47.0 Å². The van der Waals surface area contributed by atoms with Crippen molar-refractivity contribution in [1.29, 1.82) is 0 Å². The summed E-state index contributed by atoms with van der Waals surface area (Å²) in [5, 5.41) is 34.1. The van der Waals surface area contributed by atoms with Crippen molar-refractivity contribution in [3.63, 3.8) is 0 Å². The lowest BCUT2D eigenvalue weighted by Crippen LogP contribution is -2.52. The van der Waals surface area contributed by atoms with E-state index >= 15 is 0 Å². The van der Waals surface area contributed by atoms with Crippen molar-refractivity contribution >= 4 is 22.1 Å². The molecule has 0 spiro atoms. The first kappa shape index (κ1) is 28.9. The number of unbranched alkanes of at least 4 members (excludes halogenated alkanes) is 3. The van der Waals surface area contributed by atoms with Gasteiger partial charge in [0.25, 0.3) is 10.2 Å². The van der Waals surface area contributed by atoms with E-state index in [1.165, 1.54) is 0 Å². The van der Waals surface area contributed by atoms with Crippen LogP contribution in [0.2, 0.25) is 0 Å². The fraction of sp³-hybridized carbons (Fsp3) is 0.778. The van der Waals surface area contributed by atoms with Crippen molar-refractivity contribution in [3.8, 4) is 0 Å². The Hall–Kier alpha value is -2.17. The van der Waals surface area contributed by atoms with E-state index in [-0.39, 0.29) is 30.5 Å². The highest BCUT2D eigenvalue weighted by Gasteiger charge is 2.32. The van der Waals surface area contributed by atoms with Crippen molar-refractivity contribution < 1.29 is 37.8 Å². The SMILES string of the molecule is CCCCCCNC(=O)CC[C@H](NS(=O)(=O)N[C@H](C(=O)O)C(C)O)c1nc([C@@H](N)CO)no1. The van der Waals surface area contributed by atoms with Gasteiger partial charge in [-0.25, -0.2) is 0 Å². The molecule has 14 nitrogen and oxygen atoms in total. The van der Waals surface area contributed by atoms with Gasteiger partial charge in [-0.05, 0) is 19.8 Å². The molecular weight excluding hydrogens is 460 g/mol. The maximum atomic E-state index is 12.5. The molecule has 190 valence electrons. The van der Waals surface area contributed by atoms with Crippen LogP contribution in [-0.4, -0.2) is 71.1 Å². The topological polar surface area (TPSA) is 230 Å². The number of aliphatic hydroxyl groups is 2. The molecule has 0 radical (unpaired) electrons. The smallest absolute Gasteiger partial charge is 0.324 e. The first-order valence-corrected chi connectivity index (χ1v) is 12.2. The van der Waals surface area contributed by atoms with Crippen LogP contribution in [0.4, 0.5) is 0 Å². The molecule has 33 heavy (non-hydrogen) atoms. The van der Waals surface area contributed by atoms with Crippen LogP contribution in [0, 0.1) is 0 Å². The number of carboxylic acids is 1. The maximum Gasteiger partial charge on any atom is 0.324 e. The van der Waals surface area contributed by atoms with Crippen molar-refractivity contribution in [1.82, 2.24) is 24.9 Å². The number of aromatic nitrogens is 2. The Morgan fingerprint density at radius 2 is 1.91 bits per heavy atom.